The Morgan fingerprint density at radius 1 is 1.04 bits per heavy atom. The van der Waals surface area contributed by atoms with E-state index in [1.807, 2.05) is 0 Å². The number of hydrogen-bond acceptors (Lipinski definition) is 3. The van der Waals surface area contributed by atoms with Crippen molar-refractivity contribution in [3.8, 4) is 0 Å². The maximum atomic E-state index is 6.07. The third kappa shape index (κ3) is 9.54. The van der Waals surface area contributed by atoms with Gasteiger partial charge in [0.25, 0.3) is 8.32 Å². The summed E-state index contributed by atoms with van der Waals surface area (Å²) in [7, 11) is -0.281. The summed E-state index contributed by atoms with van der Waals surface area (Å²) in [6.07, 6.45) is 8.09. The molecule has 0 aliphatic carbocycles. The molecule has 0 fully saturated rings. The summed E-state index contributed by atoms with van der Waals surface area (Å²) < 4.78 is 16.9. The summed E-state index contributed by atoms with van der Waals surface area (Å²) in [6.45, 7) is 17.9. The quantitative estimate of drug-likeness (QED) is 0.218. The molecule has 4 heteroatoms. The molecule has 0 heterocycles. The van der Waals surface area contributed by atoms with Crippen LogP contribution in [-0.4, -0.2) is 22.0 Å². The van der Waals surface area contributed by atoms with E-state index in [-0.39, 0.29) is 5.04 Å². The molecule has 0 saturated heterocycles. The summed E-state index contributed by atoms with van der Waals surface area (Å²) in [5.74, 6) is 0.465. The van der Waals surface area contributed by atoms with Gasteiger partial charge in [0, 0.05) is 0 Å². The van der Waals surface area contributed by atoms with Gasteiger partial charge in [0.15, 0.2) is 6.26 Å². The van der Waals surface area contributed by atoms with Crippen molar-refractivity contribution in [3.05, 3.63) is 35.5 Å². The molecule has 0 atom stereocenters. The minimum Gasteiger partial charge on any atom is -0.517 e. The van der Waals surface area contributed by atoms with Gasteiger partial charge in [-0.25, -0.2) is 0 Å². The highest BCUT2D eigenvalue weighted by Crippen LogP contribution is 2.37. The fourth-order valence-electron chi connectivity index (χ4n) is 1.52. The predicted molar refractivity (Wildman–Crippen MR) is 102 cm³/mol. The SMILES string of the molecule is CO/C(=C\OC/C=C(\C)CCC=C(C)C)O[Si](C)(C)C(C)(C)C. The second kappa shape index (κ2) is 9.86. The zero-order chi connectivity index (χ0) is 18.1. The Morgan fingerprint density at radius 3 is 2.13 bits per heavy atom. The van der Waals surface area contributed by atoms with Gasteiger partial charge in [-0.15, -0.1) is 0 Å². The standard InChI is InChI=1S/C19H36O3Si/c1-16(2)11-10-12-17(3)13-14-21-15-18(20-7)22-23(8,9)19(4,5)6/h11,13,15H,10,12,14H2,1-9H3/b17-13+,18-15+. The van der Waals surface area contributed by atoms with E-state index in [2.05, 4.69) is 66.8 Å². The fourth-order valence-corrected chi connectivity index (χ4v) is 2.46. The Bertz CT molecular complexity index is 436. The van der Waals surface area contributed by atoms with Gasteiger partial charge in [-0.05, 0) is 57.8 Å². The number of rotatable bonds is 9. The molecule has 23 heavy (non-hydrogen) atoms. The second-order valence-corrected chi connectivity index (χ2v) is 12.4. The van der Waals surface area contributed by atoms with Gasteiger partial charge >= 0.3 is 5.95 Å². The van der Waals surface area contributed by atoms with Gasteiger partial charge in [0.1, 0.15) is 6.61 Å². The number of ether oxygens (including phenoxy) is 2. The lowest BCUT2D eigenvalue weighted by atomic mass is 10.1. The highest BCUT2D eigenvalue weighted by atomic mass is 28.4. The minimum atomic E-state index is -1.89. The summed E-state index contributed by atoms with van der Waals surface area (Å²) in [5.41, 5.74) is 2.70. The van der Waals surface area contributed by atoms with Crippen molar-refractivity contribution >= 4 is 8.32 Å². The predicted octanol–water partition coefficient (Wildman–Crippen LogP) is 6.16. The lowest BCUT2D eigenvalue weighted by Gasteiger charge is -2.36. The van der Waals surface area contributed by atoms with Crippen LogP contribution < -0.4 is 0 Å². The summed E-state index contributed by atoms with van der Waals surface area (Å²) >= 11 is 0. The zero-order valence-electron chi connectivity index (χ0n) is 16.6. The van der Waals surface area contributed by atoms with Crippen LogP contribution in [0.2, 0.25) is 18.1 Å². The lowest BCUT2D eigenvalue weighted by Crippen LogP contribution is -2.40. The van der Waals surface area contributed by atoms with Crippen molar-refractivity contribution in [2.45, 2.75) is 72.5 Å². The molecular formula is C19H36O3Si. The van der Waals surface area contributed by atoms with E-state index in [0.717, 1.165) is 12.8 Å². The molecular weight excluding hydrogens is 304 g/mol. The Kier molecular flexibility index (Phi) is 9.36. The van der Waals surface area contributed by atoms with E-state index in [1.54, 1.807) is 13.4 Å². The van der Waals surface area contributed by atoms with Crippen LogP contribution in [0.3, 0.4) is 0 Å². The lowest BCUT2D eigenvalue weighted by molar-refractivity contribution is 0.117. The average Bonchev–Trinajstić information content (AvgIpc) is 2.40. The number of allylic oxidation sites excluding steroid dienone is 3. The monoisotopic (exact) mass is 340 g/mol. The Morgan fingerprint density at radius 2 is 1.65 bits per heavy atom. The molecule has 0 aliphatic heterocycles. The van der Waals surface area contributed by atoms with Crippen LogP contribution in [0.1, 0.15) is 54.4 Å². The van der Waals surface area contributed by atoms with Crippen molar-refractivity contribution in [2.75, 3.05) is 13.7 Å². The van der Waals surface area contributed by atoms with Gasteiger partial charge in [-0.3, -0.25) is 0 Å². The molecule has 0 bridgehead atoms. The third-order valence-electron chi connectivity index (χ3n) is 4.16. The molecule has 0 spiro atoms. The van der Waals surface area contributed by atoms with E-state index in [0.29, 0.717) is 12.6 Å². The van der Waals surface area contributed by atoms with E-state index < -0.39 is 8.32 Å². The molecule has 0 unspecified atom stereocenters. The molecule has 0 radical (unpaired) electrons. The van der Waals surface area contributed by atoms with Crippen LogP contribution in [0.4, 0.5) is 0 Å². The van der Waals surface area contributed by atoms with Crippen molar-refractivity contribution < 1.29 is 13.9 Å². The van der Waals surface area contributed by atoms with Gasteiger partial charge < -0.3 is 13.9 Å². The van der Waals surface area contributed by atoms with E-state index in [9.17, 15) is 0 Å². The summed E-state index contributed by atoms with van der Waals surface area (Å²) in [6, 6.07) is 0. The van der Waals surface area contributed by atoms with Crippen LogP contribution in [0.5, 0.6) is 0 Å². The number of hydrogen-bond donors (Lipinski definition) is 0. The molecule has 134 valence electrons. The first-order valence-corrected chi connectivity index (χ1v) is 11.2. The minimum absolute atomic E-state index is 0.131. The van der Waals surface area contributed by atoms with E-state index in [4.69, 9.17) is 13.9 Å². The Labute approximate surface area is 144 Å². The van der Waals surface area contributed by atoms with E-state index in [1.165, 1.54) is 11.1 Å². The third-order valence-corrected chi connectivity index (χ3v) is 8.49. The molecule has 0 amide bonds. The average molecular weight is 341 g/mol. The first-order valence-electron chi connectivity index (χ1n) is 8.33. The van der Waals surface area contributed by atoms with Crippen molar-refractivity contribution in [2.24, 2.45) is 0 Å². The molecule has 0 aromatic rings. The molecule has 0 N–H and O–H groups in total. The topological polar surface area (TPSA) is 27.7 Å². The maximum Gasteiger partial charge on any atom is 0.301 e. The van der Waals surface area contributed by atoms with Crippen LogP contribution in [0.15, 0.2) is 35.5 Å². The molecule has 0 aromatic carbocycles. The smallest absolute Gasteiger partial charge is 0.301 e. The molecule has 0 aliphatic rings. The van der Waals surface area contributed by atoms with Gasteiger partial charge in [-0.2, -0.15) is 0 Å². The first kappa shape index (κ1) is 21.8. The number of methoxy groups -OCH3 is 1. The van der Waals surface area contributed by atoms with Crippen molar-refractivity contribution in [3.63, 3.8) is 0 Å². The largest absolute Gasteiger partial charge is 0.517 e. The van der Waals surface area contributed by atoms with Crippen LogP contribution >= 0.6 is 0 Å². The maximum absolute atomic E-state index is 6.07. The molecule has 0 rings (SSSR count). The van der Waals surface area contributed by atoms with Crippen LogP contribution in [0, 0.1) is 0 Å². The Hall–Kier alpha value is -1.16. The zero-order valence-corrected chi connectivity index (χ0v) is 17.6. The Balaban J connectivity index is 4.43. The first-order chi connectivity index (χ1) is 10.5. The highest BCUT2D eigenvalue weighted by Gasteiger charge is 2.39. The van der Waals surface area contributed by atoms with Crippen molar-refractivity contribution in [1.82, 2.24) is 0 Å². The summed E-state index contributed by atoms with van der Waals surface area (Å²) in [4.78, 5) is 0. The molecule has 0 saturated carbocycles. The highest BCUT2D eigenvalue weighted by molar-refractivity contribution is 6.74. The van der Waals surface area contributed by atoms with Crippen molar-refractivity contribution in [1.29, 1.82) is 0 Å². The normalized spacial score (nSPS) is 13.6. The second-order valence-electron chi connectivity index (χ2n) is 7.71. The van der Waals surface area contributed by atoms with E-state index >= 15 is 0 Å². The fraction of sp³-hybridized carbons (Fsp3) is 0.684. The van der Waals surface area contributed by atoms with Gasteiger partial charge in [0.2, 0.25) is 0 Å². The molecule has 3 nitrogen and oxygen atoms in total. The van der Waals surface area contributed by atoms with Gasteiger partial charge in [0.05, 0.1) is 7.11 Å². The summed E-state index contributed by atoms with van der Waals surface area (Å²) in [5, 5.41) is 0.131. The van der Waals surface area contributed by atoms with Gasteiger partial charge in [-0.1, -0.05) is 38.0 Å². The van der Waals surface area contributed by atoms with Crippen LogP contribution in [0.25, 0.3) is 0 Å². The molecule has 0 aromatic heterocycles. The van der Waals surface area contributed by atoms with Crippen LogP contribution in [-0.2, 0) is 13.9 Å².